The minimum Gasteiger partial charge on any atom is -0.400 e. The third-order valence-corrected chi connectivity index (χ3v) is 4.26. The lowest BCUT2D eigenvalue weighted by atomic mass is 10.2. The van der Waals surface area contributed by atoms with Gasteiger partial charge in [0.25, 0.3) is 0 Å². The maximum absolute atomic E-state index is 13.0. The van der Waals surface area contributed by atoms with Crippen LogP contribution in [-0.2, 0) is 0 Å². The zero-order valence-electron chi connectivity index (χ0n) is 15.7. The molecule has 142 valence electrons. The Morgan fingerprint density at radius 3 is 2.62 bits per heavy atom. The van der Waals surface area contributed by atoms with E-state index in [9.17, 15) is 4.39 Å². The lowest BCUT2D eigenvalue weighted by Crippen LogP contribution is -2.15. The van der Waals surface area contributed by atoms with Gasteiger partial charge >= 0.3 is 0 Å². The molecule has 0 aliphatic carbocycles. The van der Waals surface area contributed by atoms with E-state index in [1.807, 2.05) is 26.0 Å². The van der Waals surface area contributed by atoms with Gasteiger partial charge < -0.3 is 10.4 Å². The van der Waals surface area contributed by atoms with Crippen LogP contribution in [0.4, 0.5) is 4.39 Å². The van der Waals surface area contributed by atoms with E-state index in [0.717, 1.165) is 49.5 Å². The zero-order chi connectivity index (χ0) is 19.6. The molecule has 0 saturated heterocycles. The lowest BCUT2D eigenvalue weighted by molar-refractivity contribution is 0.399. The Hall–Kier alpha value is -1.94. The summed E-state index contributed by atoms with van der Waals surface area (Å²) in [5.74, 6) is 0.722. The van der Waals surface area contributed by atoms with Crippen LogP contribution in [0.5, 0.6) is 0 Å². The summed E-state index contributed by atoms with van der Waals surface area (Å²) < 4.78 is 13.0. The fraction of sp³-hybridized carbons (Fsp3) is 0.400. The van der Waals surface area contributed by atoms with E-state index in [1.165, 1.54) is 12.1 Å². The zero-order valence-corrected chi connectivity index (χ0v) is 16.5. The maximum atomic E-state index is 13.0. The molecule has 0 radical (unpaired) electrons. The SMILES string of the molecule is C/C=C(C#N)\C=C/CNCCCSC(=NCC)c1ccc(F)cc1.CO. The maximum Gasteiger partial charge on any atom is 0.123 e. The number of nitrogens with one attached hydrogen (secondary N) is 1. The van der Waals surface area contributed by atoms with Gasteiger partial charge in [-0.1, -0.05) is 12.2 Å². The van der Waals surface area contributed by atoms with Gasteiger partial charge in [0.05, 0.1) is 11.1 Å². The van der Waals surface area contributed by atoms with Crippen LogP contribution in [0.2, 0.25) is 0 Å². The first-order valence-electron chi connectivity index (χ1n) is 8.52. The van der Waals surface area contributed by atoms with Gasteiger partial charge in [-0.2, -0.15) is 5.26 Å². The smallest absolute Gasteiger partial charge is 0.123 e. The van der Waals surface area contributed by atoms with Crippen LogP contribution in [0.15, 0.2) is 53.1 Å². The largest absolute Gasteiger partial charge is 0.400 e. The second-order valence-electron chi connectivity index (χ2n) is 4.95. The molecule has 0 bridgehead atoms. The molecule has 1 aromatic rings. The van der Waals surface area contributed by atoms with Gasteiger partial charge in [-0.15, -0.1) is 11.8 Å². The van der Waals surface area contributed by atoms with E-state index in [0.29, 0.717) is 5.57 Å². The molecule has 0 fully saturated rings. The normalized spacial score (nSPS) is 11.8. The molecule has 0 saturated carbocycles. The van der Waals surface area contributed by atoms with Crippen LogP contribution in [0.1, 0.15) is 25.8 Å². The molecule has 0 atom stereocenters. The number of aliphatic hydroxyl groups excluding tert-OH is 1. The molecule has 0 unspecified atom stereocenters. The molecule has 1 aromatic carbocycles. The molecule has 0 aromatic heterocycles. The lowest BCUT2D eigenvalue weighted by Gasteiger charge is -2.07. The molecule has 0 aliphatic heterocycles. The highest BCUT2D eigenvalue weighted by Crippen LogP contribution is 2.15. The molecule has 0 amide bonds. The summed E-state index contributed by atoms with van der Waals surface area (Å²) in [5.41, 5.74) is 1.64. The number of allylic oxidation sites excluding steroid dienone is 3. The van der Waals surface area contributed by atoms with E-state index < -0.39 is 0 Å². The standard InChI is InChI=1S/C19H24FN3S.CH4O/c1-3-16(15-21)7-5-12-22-13-6-14-24-19(23-4-2)17-8-10-18(20)11-9-17;1-2/h3,5,7-11,22H,4,6,12-14H2,1-2H3;2H,1H3/b7-5-,16-3+,23-19?;. The first kappa shape index (κ1) is 24.1. The highest BCUT2D eigenvalue weighted by Gasteiger charge is 2.04. The Morgan fingerprint density at radius 1 is 1.35 bits per heavy atom. The van der Waals surface area contributed by atoms with Crippen molar-refractivity contribution in [3.8, 4) is 6.07 Å². The molecule has 0 spiro atoms. The molecule has 0 heterocycles. The van der Waals surface area contributed by atoms with Crippen LogP contribution in [0.25, 0.3) is 0 Å². The van der Waals surface area contributed by atoms with Gasteiger partial charge in [-0.05, 0) is 57.2 Å². The molecule has 2 N–H and O–H groups in total. The molecule has 4 nitrogen and oxygen atoms in total. The van der Waals surface area contributed by atoms with Gasteiger partial charge in [-0.25, -0.2) is 4.39 Å². The van der Waals surface area contributed by atoms with Crippen molar-refractivity contribution in [3.63, 3.8) is 0 Å². The molecular formula is C20H28FN3OS. The van der Waals surface area contributed by atoms with Crippen molar-refractivity contribution in [1.29, 1.82) is 5.26 Å². The quantitative estimate of drug-likeness (QED) is 0.225. The van der Waals surface area contributed by atoms with Gasteiger partial charge in [0, 0.05) is 37.1 Å². The average molecular weight is 378 g/mol. The topological polar surface area (TPSA) is 68.4 Å². The summed E-state index contributed by atoms with van der Waals surface area (Å²) in [4.78, 5) is 4.50. The summed E-state index contributed by atoms with van der Waals surface area (Å²) in [6, 6.07) is 8.59. The average Bonchev–Trinajstić information content (AvgIpc) is 2.68. The number of nitrogens with zero attached hydrogens (tertiary/aromatic N) is 2. The summed E-state index contributed by atoms with van der Waals surface area (Å²) in [7, 11) is 1.00. The minimum absolute atomic E-state index is 0.227. The highest BCUT2D eigenvalue weighted by molar-refractivity contribution is 8.14. The van der Waals surface area contributed by atoms with Gasteiger partial charge in [0.15, 0.2) is 0 Å². The Labute approximate surface area is 160 Å². The van der Waals surface area contributed by atoms with E-state index in [4.69, 9.17) is 10.4 Å². The van der Waals surface area contributed by atoms with Crippen molar-refractivity contribution < 1.29 is 9.50 Å². The number of aliphatic imine (C=N–C) groups is 1. The number of halogens is 1. The number of rotatable bonds is 9. The second-order valence-corrected chi connectivity index (χ2v) is 6.03. The Bertz CT molecular complexity index is 619. The second kappa shape index (κ2) is 16.5. The van der Waals surface area contributed by atoms with Crippen molar-refractivity contribution in [2.75, 3.05) is 32.5 Å². The van der Waals surface area contributed by atoms with Crippen molar-refractivity contribution in [2.24, 2.45) is 4.99 Å². The summed E-state index contributed by atoms with van der Waals surface area (Å²) >= 11 is 1.70. The molecule has 6 heteroatoms. The van der Waals surface area contributed by atoms with Gasteiger partial charge in [-0.3, -0.25) is 4.99 Å². The Morgan fingerprint density at radius 2 is 2.04 bits per heavy atom. The summed E-state index contributed by atoms with van der Waals surface area (Å²) in [6.45, 7) is 6.21. The van der Waals surface area contributed by atoms with Crippen LogP contribution < -0.4 is 5.32 Å². The fourth-order valence-electron chi connectivity index (χ4n) is 1.89. The van der Waals surface area contributed by atoms with E-state index >= 15 is 0 Å². The number of nitriles is 1. The van der Waals surface area contributed by atoms with Crippen LogP contribution in [0, 0.1) is 17.1 Å². The number of hydrogen-bond acceptors (Lipinski definition) is 5. The van der Waals surface area contributed by atoms with Crippen molar-refractivity contribution in [3.05, 3.63) is 59.4 Å². The number of hydrogen-bond donors (Lipinski definition) is 2. The Kier molecular flexibility index (Phi) is 15.3. The third kappa shape index (κ3) is 10.8. The highest BCUT2D eigenvalue weighted by atomic mass is 32.2. The van der Waals surface area contributed by atoms with Crippen molar-refractivity contribution in [2.45, 2.75) is 20.3 Å². The van der Waals surface area contributed by atoms with Gasteiger partial charge in [0.1, 0.15) is 5.82 Å². The first-order chi connectivity index (χ1) is 12.7. The van der Waals surface area contributed by atoms with Crippen molar-refractivity contribution in [1.82, 2.24) is 5.32 Å². The minimum atomic E-state index is -0.227. The van der Waals surface area contributed by atoms with E-state index in [1.54, 1.807) is 30.0 Å². The third-order valence-electron chi connectivity index (χ3n) is 3.13. The summed E-state index contributed by atoms with van der Waals surface area (Å²) in [6.07, 6.45) is 6.57. The Balaban J connectivity index is 0.00000301. The predicted octanol–water partition coefficient (Wildman–Crippen LogP) is 3.94. The monoisotopic (exact) mass is 377 g/mol. The van der Waals surface area contributed by atoms with Crippen LogP contribution in [0.3, 0.4) is 0 Å². The fourth-order valence-corrected chi connectivity index (χ4v) is 2.90. The predicted molar refractivity (Wildman–Crippen MR) is 110 cm³/mol. The van der Waals surface area contributed by atoms with Crippen LogP contribution in [-0.4, -0.2) is 42.6 Å². The first-order valence-corrected chi connectivity index (χ1v) is 9.51. The number of thioether (sulfide) groups is 1. The molecule has 1 rings (SSSR count). The molecular weight excluding hydrogens is 349 g/mol. The van der Waals surface area contributed by atoms with Gasteiger partial charge in [0.2, 0.25) is 0 Å². The molecule has 26 heavy (non-hydrogen) atoms. The van der Waals surface area contributed by atoms with E-state index in [2.05, 4.69) is 16.4 Å². The number of benzene rings is 1. The summed E-state index contributed by atoms with van der Waals surface area (Å²) in [5, 5.41) is 20.1. The van der Waals surface area contributed by atoms with Crippen molar-refractivity contribution >= 4 is 16.8 Å². The molecule has 0 aliphatic rings. The van der Waals surface area contributed by atoms with Crippen LogP contribution >= 0.6 is 11.8 Å². The number of aliphatic hydroxyl groups is 1. The van der Waals surface area contributed by atoms with E-state index in [-0.39, 0.29) is 5.82 Å².